The highest BCUT2D eigenvalue weighted by Crippen LogP contribution is 2.37. The molecule has 0 unspecified atom stereocenters. The lowest BCUT2D eigenvalue weighted by atomic mass is 9.91. The number of nitrogens with zero attached hydrogens (tertiary/aromatic N) is 1. The predicted octanol–water partition coefficient (Wildman–Crippen LogP) is 4.90. The van der Waals surface area contributed by atoms with Gasteiger partial charge in [-0.3, -0.25) is 4.98 Å². The van der Waals surface area contributed by atoms with Crippen LogP contribution in [0.3, 0.4) is 0 Å². The SMILES string of the molecule is CCCNc1c2c(nc3c(Cl)ccc(C)c13)CCCC2. The van der Waals surface area contributed by atoms with Crippen LogP contribution >= 0.6 is 11.6 Å². The van der Waals surface area contributed by atoms with Crippen molar-refractivity contribution in [1.82, 2.24) is 4.98 Å². The van der Waals surface area contributed by atoms with Crippen molar-refractivity contribution in [2.75, 3.05) is 11.9 Å². The Kier molecular flexibility index (Phi) is 3.84. The highest BCUT2D eigenvalue weighted by molar-refractivity contribution is 6.35. The molecule has 20 heavy (non-hydrogen) atoms. The molecular formula is C17H21ClN2. The van der Waals surface area contributed by atoms with Crippen LogP contribution in [-0.2, 0) is 12.8 Å². The van der Waals surface area contributed by atoms with Gasteiger partial charge in [0.2, 0.25) is 0 Å². The lowest BCUT2D eigenvalue weighted by molar-refractivity contribution is 0.672. The summed E-state index contributed by atoms with van der Waals surface area (Å²) in [6, 6.07) is 4.06. The Labute approximate surface area is 125 Å². The van der Waals surface area contributed by atoms with Gasteiger partial charge in [0.25, 0.3) is 0 Å². The van der Waals surface area contributed by atoms with Gasteiger partial charge in [-0.2, -0.15) is 0 Å². The highest BCUT2D eigenvalue weighted by atomic mass is 35.5. The number of nitrogens with one attached hydrogen (secondary N) is 1. The van der Waals surface area contributed by atoms with E-state index in [0.717, 1.165) is 36.3 Å². The Morgan fingerprint density at radius 2 is 2.05 bits per heavy atom. The van der Waals surface area contributed by atoms with E-state index in [0.29, 0.717) is 0 Å². The Balaban J connectivity index is 2.30. The minimum absolute atomic E-state index is 0.763. The molecule has 0 amide bonds. The van der Waals surface area contributed by atoms with Crippen LogP contribution in [0.1, 0.15) is 43.0 Å². The molecule has 1 N–H and O–H groups in total. The van der Waals surface area contributed by atoms with Crippen LogP contribution in [-0.4, -0.2) is 11.5 Å². The van der Waals surface area contributed by atoms with E-state index in [1.165, 1.54) is 40.7 Å². The second kappa shape index (κ2) is 5.61. The van der Waals surface area contributed by atoms with Crippen molar-refractivity contribution in [1.29, 1.82) is 0 Å². The van der Waals surface area contributed by atoms with Crippen molar-refractivity contribution in [2.24, 2.45) is 0 Å². The van der Waals surface area contributed by atoms with Crippen LogP contribution in [0.15, 0.2) is 12.1 Å². The van der Waals surface area contributed by atoms with E-state index in [2.05, 4.69) is 25.2 Å². The summed E-state index contributed by atoms with van der Waals surface area (Å²) in [4.78, 5) is 4.87. The number of benzene rings is 1. The molecule has 1 heterocycles. The van der Waals surface area contributed by atoms with Crippen LogP contribution in [0, 0.1) is 6.92 Å². The van der Waals surface area contributed by atoms with Gasteiger partial charge in [-0.15, -0.1) is 0 Å². The zero-order valence-corrected chi connectivity index (χ0v) is 13.0. The summed E-state index contributed by atoms with van der Waals surface area (Å²) in [6.07, 6.45) is 5.84. The van der Waals surface area contributed by atoms with Crippen LogP contribution in [0.2, 0.25) is 5.02 Å². The van der Waals surface area contributed by atoms with Crippen molar-refractivity contribution < 1.29 is 0 Å². The quantitative estimate of drug-likeness (QED) is 0.869. The van der Waals surface area contributed by atoms with Gasteiger partial charge in [0.1, 0.15) is 0 Å². The normalized spacial score (nSPS) is 14.3. The monoisotopic (exact) mass is 288 g/mol. The molecule has 0 spiro atoms. The number of pyridine rings is 1. The average Bonchev–Trinajstić information content (AvgIpc) is 2.48. The van der Waals surface area contributed by atoms with Gasteiger partial charge >= 0.3 is 0 Å². The largest absolute Gasteiger partial charge is 0.384 e. The number of hydrogen-bond acceptors (Lipinski definition) is 2. The van der Waals surface area contributed by atoms with E-state index < -0.39 is 0 Å². The summed E-state index contributed by atoms with van der Waals surface area (Å²) in [7, 11) is 0. The minimum Gasteiger partial charge on any atom is -0.384 e. The molecule has 0 bridgehead atoms. The molecule has 106 valence electrons. The summed E-state index contributed by atoms with van der Waals surface area (Å²) in [6.45, 7) is 5.34. The number of rotatable bonds is 3. The Morgan fingerprint density at radius 1 is 1.25 bits per heavy atom. The topological polar surface area (TPSA) is 24.9 Å². The molecule has 3 rings (SSSR count). The molecule has 1 aromatic heterocycles. The predicted molar refractivity (Wildman–Crippen MR) is 86.9 cm³/mol. The Morgan fingerprint density at radius 3 is 2.85 bits per heavy atom. The second-order valence-corrected chi connectivity index (χ2v) is 6.04. The third kappa shape index (κ3) is 2.26. The molecule has 0 aliphatic heterocycles. The van der Waals surface area contributed by atoms with Crippen LogP contribution in [0.5, 0.6) is 0 Å². The summed E-state index contributed by atoms with van der Waals surface area (Å²) >= 11 is 6.39. The number of halogens is 1. The molecule has 1 aromatic carbocycles. The molecule has 0 fully saturated rings. The number of anilines is 1. The van der Waals surface area contributed by atoms with Gasteiger partial charge in [0, 0.05) is 23.3 Å². The molecule has 0 saturated heterocycles. The first-order valence-electron chi connectivity index (χ1n) is 7.56. The van der Waals surface area contributed by atoms with Crippen molar-refractivity contribution in [3.63, 3.8) is 0 Å². The maximum Gasteiger partial charge on any atom is 0.0915 e. The number of hydrogen-bond donors (Lipinski definition) is 1. The first kappa shape index (κ1) is 13.7. The van der Waals surface area contributed by atoms with Crippen LogP contribution in [0.4, 0.5) is 5.69 Å². The lowest BCUT2D eigenvalue weighted by Crippen LogP contribution is -2.12. The first-order chi connectivity index (χ1) is 9.72. The molecule has 2 aromatic rings. The van der Waals surface area contributed by atoms with Crippen molar-refractivity contribution in [3.05, 3.63) is 34.0 Å². The minimum atomic E-state index is 0.763. The number of aryl methyl sites for hydroxylation is 2. The molecule has 2 nitrogen and oxygen atoms in total. The maximum atomic E-state index is 6.39. The first-order valence-corrected chi connectivity index (χ1v) is 7.94. The Bertz CT molecular complexity index is 649. The lowest BCUT2D eigenvalue weighted by Gasteiger charge is -2.22. The van der Waals surface area contributed by atoms with Crippen molar-refractivity contribution in [2.45, 2.75) is 46.0 Å². The fraction of sp³-hybridized carbons (Fsp3) is 0.471. The fourth-order valence-corrected chi connectivity index (χ4v) is 3.30. The van der Waals surface area contributed by atoms with E-state index in [1.54, 1.807) is 0 Å². The number of fused-ring (bicyclic) bond motifs is 2. The number of aromatic nitrogens is 1. The summed E-state index contributed by atoms with van der Waals surface area (Å²) in [5.41, 5.74) is 6.17. The van der Waals surface area contributed by atoms with Gasteiger partial charge < -0.3 is 5.32 Å². The van der Waals surface area contributed by atoms with Gasteiger partial charge in [-0.1, -0.05) is 24.6 Å². The fourth-order valence-electron chi connectivity index (χ4n) is 3.10. The van der Waals surface area contributed by atoms with Gasteiger partial charge in [0.05, 0.1) is 10.5 Å². The van der Waals surface area contributed by atoms with Gasteiger partial charge in [-0.05, 0) is 56.2 Å². The van der Waals surface area contributed by atoms with E-state index in [1.807, 2.05) is 6.07 Å². The van der Waals surface area contributed by atoms with Gasteiger partial charge in [-0.25, -0.2) is 0 Å². The molecule has 0 radical (unpaired) electrons. The second-order valence-electron chi connectivity index (χ2n) is 5.63. The van der Waals surface area contributed by atoms with E-state index >= 15 is 0 Å². The molecule has 1 aliphatic carbocycles. The van der Waals surface area contributed by atoms with E-state index in [-0.39, 0.29) is 0 Å². The van der Waals surface area contributed by atoms with Crippen LogP contribution < -0.4 is 5.32 Å². The summed E-state index contributed by atoms with van der Waals surface area (Å²) in [5.74, 6) is 0. The summed E-state index contributed by atoms with van der Waals surface area (Å²) in [5, 5.41) is 5.61. The Hall–Kier alpha value is -1.28. The van der Waals surface area contributed by atoms with Crippen molar-refractivity contribution in [3.8, 4) is 0 Å². The zero-order chi connectivity index (χ0) is 14.1. The van der Waals surface area contributed by atoms with Gasteiger partial charge in [0.15, 0.2) is 0 Å². The molecular weight excluding hydrogens is 268 g/mol. The molecule has 0 atom stereocenters. The molecule has 0 saturated carbocycles. The highest BCUT2D eigenvalue weighted by Gasteiger charge is 2.20. The van der Waals surface area contributed by atoms with Crippen molar-refractivity contribution >= 4 is 28.2 Å². The standard InChI is InChI=1S/C17H21ClN2/c1-3-10-19-16-12-6-4-5-7-14(12)20-17-13(18)9-8-11(2)15(16)17/h8-9H,3-7,10H2,1-2H3,(H,19,20). The molecule has 3 heteroatoms. The zero-order valence-electron chi connectivity index (χ0n) is 12.2. The average molecular weight is 289 g/mol. The third-order valence-electron chi connectivity index (χ3n) is 4.13. The maximum absolute atomic E-state index is 6.39. The van der Waals surface area contributed by atoms with E-state index in [9.17, 15) is 0 Å². The molecule has 1 aliphatic rings. The third-order valence-corrected chi connectivity index (χ3v) is 4.43. The summed E-state index contributed by atoms with van der Waals surface area (Å²) < 4.78 is 0. The van der Waals surface area contributed by atoms with Crippen LogP contribution in [0.25, 0.3) is 10.9 Å². The smallest absolute Gasteiger partial charge is 0.0915 e. The van der Waals surface area contributed by atoms with E-state index in [4.69, 9.17) is 16.6 Å².